The van der Waals surface area contributed by atoms with Crippen molar-refractivity contribution in [1.29, 1.82) is 0 Å². The second-order valence-corrected chi connectivity index (χ2v) is 7.39. The summed E-state index contributed by atoms with van der Waals surface area (Å²) in [5.41, 5.74) is 0.0741. The number of halogens is 1. The fourth-order valence-corrected chi connectivity index (χ4v) is 4.23. The Hall–Kier alpha value is -1.48. The van der Waals surface area contributed by atoms with Crippen molar-refractivity contribution in [3.8, 4) is 0 Å². The van der Waals surface area contributed by atoms with Gasteiger partial charge in [0, 0.05) is 6.07 Å². The van der Waals surface area contributed by atoms with E-state index in [0.717, 1.165) is 0 Å². The van der Waals surface area contributed by atoms with Crippen LogP contribution in [0.2, 0.25) is 0 Å². The number of carbonyl (C=O) groups excluding carboxylic acids is 1. The first-order valence-corrected chi connectivity index (χ1v) is 8.49. The van der Waals surface area contributed by atoms with Gasteiger partial charge in [0.05, 0.1) is 33.9 Å². The van der Waals surface area contributed by atoms with E-state index in [1.807, 2.05) is 0 Å². The molecule has 9 heteroatoms. The molecule has 116 valence electrons. The summed E-state index contributed by atoms with van der Waals surface area (Å²) in [6.07, 6.45) is 0. The quantitative estimate of drug-likeness (QED) is 0.425. The maximum absolute atomic E-state index is 12.1. The average molecular weight is 380 g/mol. The molecule has 1 aromatic carbocycles. The van der Waals surface area contributed by atoms with Crippen molar-refractivity contribution in [1.82, 2.24) is 0 Å². The van der Waals surface area contributed by atoms with Crippen LogP contribution in [0.1, 0.15) is 12.5 Å². The van der Waals surface area contributed by atoms with Crippen LogP contribution in [0.25, 0.3) is 0 Å². The van der Waals surface area contributed by atoms with E-state index in [2.05, 4.69) is 20.7 Å². The summed E-state index contributed by atoms with van der Waals surface area (Å²) < 4.78 is 28.7. The highest BCUT2D eigenvalue weighted by Gasteiger charge is 2.25. The number of esters is 1. The van der Waals surface area contributed by atoms with Crippen molar-refractivity contribution in [3.63, 3.8) is 0 Å². The molecular formula is C12H14BrNO6S. The SMILES string of the molecule is COC(=O)C(C)CS(=O)(=O)Cc1cccc([N+](=O)[O-])c1Br. The number of carbonyl (C=O) groups is 1. The summed E-state index contributed by atoms with van der Waals surface area (Å²) in [7, 11) is -2.42. The molecular weight excluding hydrogens is 366 g/mol. The van der Waals surface area contributed by atoms with Gasteiger partial charge in [0.25, 0.3) is 5.69 Å². The highest BCUT2D eigenvalue weighted by atomic mass is 79.9. The summed E-state index contributed by atoms with van der Waals surface area (Å²) in [6.45, 7) is 1.45. The van der Waals surface area contributed by atoms with Crippen LogP contribution < -0.4 is 0 Å². The van der Waals surface area contributed by atoms with E-state index in [9.17, 15) is 23.3 Å². The lowest BCUT2D eigenvalue weighted by atomic mass is 10.2. The summed E-state index contributed by atoms with van der Waals surface area (Å²) >= 11 is 3.05. The van der Waals surface area contributed by atoms with Gasteiger partial charge in [0.1, 0.15) is 0 Å². The molecule has 21 heavy (non-hydrogen) atoms. The number of benzene rings is 1. The Morgan fingerprint density at radius 1 is 1.48 bits per heavy atom. The Morgan fingerprint density at radius 3 is 2.62 bits per heavy atom. The zero-order valence-corrected chi connectivity index (χ0v) is 13.8. The molecule has 0 saturated heterocycles. The minimum atomic E-state index is -3.61. The Morgan fingerprint density at radius 2 is 2.10 bits per heavy atom. The first-order chi connectivity index (χ1) is 9.68. The topological polar surface area (TPSA) is 104 Å². The molecule has 1 rings (SSSR count). The average Bonchev–Trinajstić information content (AvgIpc) is 2.38. The lowest BCUT2D eigenvalue weighted by Crippen LogP contribution is -2.23. The predicted octanol–water partition coefficient (Wildman–Crippen LogP) is 2.08. The van der Waals surface area contributed by atoms with Crippen molar-refractivity contribution >= 4 is 37.4 Å². The minimum absolute atomic E-state index is 0.129. The molecule has 1 unspecified atom stereocenters. The predicted molar refractivity (Wildman–Crippen MR) is 79.5 cm³/mol. The lowest BCUT2D eigenvalue weighted by molar-refractivity contribution is -0.385. The molecule has 0 aromatic heterocycles. The van der Waals surface area contributed by atoms with Crippen molar-refractivity contribution in [2.24, 2.45) is 5.92 Å². The van der Waals surface area contributed by atoms with Crippen LogP contribution >= 0.6 is 15.9 Å². The fraction of sp³-hybridized carbons (Fsp3) is 0.417. The molecule has 0 fully saturated rings. The first kappa shape index (κ1) is 17.6. The zero-order valence-electron chi connectivity index (χ0n) is 11.4. The molecule has 0 amide bonds. The van der Waals surface area contributed by atoms with Gasteiger partial charge in [-0.2, -0.15) is 0 Å². The molecule has 0 saturated carbocycles. The third-order valence-electron chi connectivity index (χ3n) is 2.74. The van der Waals surface area contributed by atoms with Crippen LogP contribution in [0.3, 0.4) is 0 Å². The number of hydrogen-bond acceptors (Lipinski definition) is 6. The van der Waals surface area contributed by atoms with E-state index >= 15 is 0 Å². The summed E-state index contributed by atoms with van der Waals surface area (Å²) in [6, 6.07) is 4.17. The number of methoxy groups -OCH3 is 1. The normalized spacial score (nSPS) is 12.7. The van der Waals surface area contributed by atoms with Gasteiger partial charge in [-0.3, -0.25) is 14.9 Å². The Balaban J connectivity index is 2.98. The molecule has 0 bridgehead atoms. The Labute approximate surface area is 130 Å². The molecule has 1 aromatic rings. The van der Waals surface area contributed by atoms with E-state index in [0.29, 0.717) is 0 Å². The van der Waals surface area contributed by atoms with E-state index in [1.165, 1.54) is 32.2 Å². The van der Waals surface area contributed by atoms with Gasteiger partial charge in [-0.15, -0.1) is 0 Å². The van der Waals surface area contributed by atoms with E-state index in [4.69, 9.17) is 0 Å². The number of hydrogen-bond donors (Lipinski definition) is 0. The molecule has 0 radical (unpaired) electrons. The second-order valence-electron chi connectivity index (χ2n) is 4.49. The van der Waals surface area contributed by atoms with Crippen molar-refractivity contribution < 1.29 is 22.9 Å². The highest BCUT2D eigenvalue weighted by Crippen LogP contribution is 2.29. The molecule has 0 heterocycles. The number of rotatable bonds is 6. The number of ether oxygens (including phenoxy) is 1. The van der Waals surface area contributed by atoms with Crippen LogP contribution in [0.5, 0.6) is 0 Å². The number of nitro groups is 1. The van der Waals surface area contributed by atoms with Gasteiger partial charge in [0.2, 0.25) is 0 Å². The number of sulfone groups is 1. The maximum atomic E-state index is 12.1. The smallest absolute Gasteiger partial charge is 0.309 e. The van der Waals surface area contributed by atoms with Crippen LogP contribution in [-0.2, 0) is 25.1 Å². The maximum Gasteiger partial charge on any atom is 0.309 e. The van der Waals surface area contributed by atoms with Crippen molar-refractivity contribution in [2.45, 2.75) is 12.7 Å². The summed E-state index contributed by atoms with van der Waals surface area (Å²) in [4.78, 5) is 21.5. The number of nitro benzene ring substituents is 1. The van der Waals surface area contributed by atoms with Gasteiger partial charge in [-0.1, -0.05) is 19.1 Å². The third-order valence-corrected chi connectivity index (χ3v) is 5.41. The zero-order chi connectivity index (χ0) is 16.2. The van der Waals surface area contributed by atoms with E-state index < -0.39 is 32.4 Å². The van der Waals surface area contributed by atoms with Crippen LogP contribution in [0.4, 0.5) is 5.69 Å². The first-order valence-electron chi connectivity index (χ1n) is 5.88. The lowest BCUT2D eigenvalue weighted by Gasteiger charge is -2.10. The van der Waals surface area contributed by atoms with Gasteiger partial charge < -0.3 is 4.74 Å². The Kier molecular flexibility index (Phi) is 5.85. The fourth-order valence-electron chi connectivity index (χ4n) is 1.76. The molecule has 0 aliphatic rings. The standard InChI is InChI=1S/C12H14BrNO6S/c1-8(12(15)20-2)6-21(18,19)7-9-4-3-5-10(11(9)13)14(16)17/h3-5,8H,6-7H2,1-2H3. The van der Waals surface area contributed by atoms with Crippen LogP contribution in [0.15, 0.2) is 22.7 Å². The van der Waals surface area contributed by atoms with Crippen molar-refractivity contribution in [3.05, 3.63) is 38.3 Å². The van der Waals surface area contributed by atoms with Crippen LogP contribution in [-0.4, -0.2) is 32.2 Å². The van der Waals surface area contributed by atoms with Gasteiger partial charge >= 0.3 is 5.97 Å². The van der Waals surface area contributed by atoms with Crippen LogP contribution in [0, 0.1) is 16.0 Å². The molecule has 0 aliphatic heterocycles. The monoisotopic (exact) mass is 379 g/mol. The minimum Gasteiger partial charge on any atom is -0.469 e. The van der Waals surface area contributed by atoms with Gasteiger partial charge in [0.15, 0.2) is 9.84 Å². The molecule has 1 atom stereocenters. The van der Waals surface area contributed by atoms with E-state index in [-0.39, 0.29) is 21.5 Å². The number of nitrogens with zero attached hydrogens (tertiary/aromatic N) is 1. The molecule has 0 spiro atoms. The van der Waals surface area contributed by atoms with Gasteiger partial charge in [-0.05, 0) is 21.5 Å². The van der Waals surface area contributed by atoms with E-state index in [1.54, 1.807) is 0 Å². The Bertz CT molecular complexity index is 658. The summed E-state index contributed by atoms with van der Waals surface area (Å²) in [5.74, 6) is -2.18. The molecule has 7 nitrogen and oxygen atoms in total. The summed E-state index contributed by atoms with van der Waals surface area (Å²) in [5, 5.41) is 10.8. The highest BCUT2D eigenvalue weighted by molar-refractivity contribution is 9.10. The second kappa shape index (κ2) is 6.99. The third kappa shape index (κ3) is 4.78. The molecule has 0 N–H and O–H groups in total. The molecule has 0 aliphatic carbocycles. The largest absolute Gasteiger partial charge is 0.469 e. The van der Waals surface area contributed by atoms with Crippen molar-refractivity contribution in [2.75, 3.05) is 12.9 Å². The van der Waals surface area contributed by atoms with Gasteiger partial charge in [-0.25, -0.2) is 8.42 Å².